The second kappa shape index (κ2) is 5.69. The number of hydrogen-bond acceptors (Lipinski definition) is 2. The number of rotatable bonds is 4. The summed E-state index contributed by atoms with van der Waals surface area (Å²) in [6.07, 6.45) is 0. The fourth-order valence-corrected chi connectivity index (χ4v) is 1.95. The summed E-state index contributed by atoms with van der Waals surface area (Å²) in [5.74, 6) is -2.94. The van der Waals surface area contributed by atoms with Crippen molar-refractivity contribution >= 4 is 21.7 Å². The van der Waals surface area contributed by atoms with E-state index in [2.05, 4.69) is 15.9 Å². The van der Waals surface area contributed by atoms with Crippen molar-refractivity contribution in [2.45, 2.75) is 13.8 Å². The van der Waals surface area contributed by atoms with Crippen molar-refractivity contribution in [3.8, 4) is 0 Å². The molecule has 2 N–H and O–H groups in total. The van der Waals surface area contributed by atoms with Crippen LogP contribution in [0.3, 0.4) is 0 Å². The number of carbonyl (C=O) groups is 1. The summed E-state index contributed by atoms with van der Waals surface area (Å²) in [4.78, 5) is 12.0. The van der Waals surface area contributed by atoms with Gasteiger partial charge in [-0.3, -0.25) is 4.79 Å². The minimum atomic E-state index is -0.867. The van der Waals surface area contributed by atoms with Crippen LogP contribution in [0.25, 0.3) is 0 Å². The lowest BCUT2D eigenvalue weighted by molar-refractivity contribution is 0.0883. The molecule has 0 aliphatic heterocycles. The molecule has 1 aromatic carbocycles. The standard InChI is InChI=1S/C12H14BrF2NO/c1-6(2)7(5-16)12(17)10-9(14)4-3-8(13)11(10)15/h3-4,6-7H,5,16H2,1-2H3. The zero-order valence-electron chi connectivity index (χ0n) is 9.64. The van der Waals surface area contributed by atoms with Crippen molar-refractivity contribution in [2.24, 2.45) is 17.6 Å². The Balaban J connectivity index is 3.24. The Morgan fingerprint density at radius 2 is 2.00 bits per heavy atom. The second-order valence-electron chi connectivity index (χ2n) is 4.17. The second-order valence-corrected chi connectivity index (χ2v) is 5.02. The van der Waals surface area contributed by atoms with Gasteiger partial charge in [0.05, 0.1) is 10.0 Å². The Labute approximate surface area is 107 Å². The first-order valence-corrected chi connectivity index (χ1v) is 6.07. The minimum absolute atomic E-state index is 0.0646. The van der Waals surface area contributed by atoms with Crippen LogP contribution in [0.1, 0.15) is 24.2 Å². The van der Waals surface area contributed by atoms with Gasteiger partial charge in [0.25, 0.3) is 0 Å². The molecule has 2 nitrogen and oxygen atoms in total. The number of Topliss-reactive ketones (excluding diaryl/α,β-unsaturated/α-hetero) is 1. The van der Waals surface area contributed by atoms with E-state index in [1.54, 1.807) is 13.8 Å². The Bertz CT molecular complexity index is 435. The fraction of sp³-hybridized carbons (Fsp3) is 0.417. The minimum Gasteiger partial charge on any atom is -0.330 e. The predicted molar refractivity (Wildman–Crippen MR) is 65.8 cm³/mol. The quantitative estimate of drug-likeness (QED) is 0.686. The maximum Gasteiger partial charge on any atom is 0.173 e. The lowest BCUT2D eigenvalue weighted by atomic mass is 9.87. The van der Waals surface area contributed by atoms with Crippen LogP contribution < -0.4 is 5.73 Å². The predicted octanol–water partition coefficient (Wildman–Crippen LogP) is 3.14. The smallest absolute Gasteiger partial charge is 0.173 e. The first-order chi connectivity index (χ1) is 7.90. The van der Waals surface area contributed by atoms with Gasteiger partial charge in [-0.25, -0.2) is 8.78 Å². The van der Waals surface area contributed by atoms with Gasteiger partial charge in [-0.1, -0.05) is 13.8 Å². The van der Waals surface area contributed by atoms with Crippen LogP contribution in [0.5, 0.6) is 0 Å². The molecular weight excluding hydrogens is 292 g/mol. The molecule has 1 unspecified atom stereocenters. The van der Waals surface area contributed by atoms with E-state index in [9.17, 15) is 13.6 Å². The normalized spacial score (nSPS) is 12.9. The van der Waals surface area contributed by atoms with Gasteiger partial charge in [-0.15, -0.1) is 0 Å². The Morgan fingerprint density at radius 1 is 1.41 bits per heavy atom. The van der Waals surface area contributed by atoms with Crippen LogP contribution in [-0.2, 0) is 0 Å². The highest BCUT2D eigenvalue weighted by Gasteiger charge is 2.28. The van der Waals surface area contributed by atoms with E-state index in [0.29, 0.717) is 0 Å². The fourth-order valence-electron chi connectivity index (χ4n) is 1.62. The van der Waals surface area contributed by atoms with Gasteiger partial charge in [-0.05, 0) is 34.0 Å². The van der Waals surface area contributed by atoms with E-state index < -0.39 is 28.9 Å². The lowest BCUT2D eigenvalue weighted by Gasteiger charge is -2.18. The summed E-state index contributed by atoms with van der Waals surface area (Å²) in [6.45, 7) is 3.66. The zero-order valence-corrected chi connectivity index (χ0v) is 11.2. The van der Waals surface area contributed by atoms with Crippen molar-refractivity contribution < 1.29 is 13.6 Å². The summed E-state index contributed by atoms with van der Waals surface area (Å²) in [5, 5.41) is 0. The number of carbonyl (C=O) groups excluding carboxylic acids is 1. The number of halogens is 3. The molecule has 0 saturated heterocycles. The first kappa shape index (κ1) is 14.3. The molecule has 1 aromatic rings. The average Bonchev–Trinajstić information content (AvgIpc) is 2.24. The van der Waals surface area contributed by atoms with Gasteiger partial charge >= 0.3 is 0 Å². The van der Waals surface area contributed by atoms with E-state index >= 15 is 0 Å². The van der Waals surface area contributed by atoms with Crippen molar-refractivity contribution in [1.82, 2.24) is 0 Å². The Hall–Kier alpha value is -0.810. The maximum absolute atomic E-state index is 13.7. The topological polar surface area (TPSA) is 43.1 Å². The molecule has 0 spiro atoms. The van der Waals surface area contributed by atoms with E-state index in [1.807, 2.05) is 0 Å². The summed E-state index contributed by atoms with van der Waals surface area (Å²) >= 11 is 2.93. The van der Waals surface area contributed by atoms with E-state index in [-0.39, 0.29) is 16.9 Å². The largest absolute Gasteiger partial charge is 0.330 e. The number of ketones is 1. The SMILES string of the molecule is CC(C)C(CN)C(=O)c1c(F)ccc(Br)c1F. The lowest BCUT2D eigenvalue weighted by Crippen LogP contribution is -2.29. The number of benzene rings is 1. The van der Waals surface area contributed by atoms with Crippen LogP contribution in [-0.4, -0.2) is 12.3 Å². The van der Waals surface area contributed by atoms with Crippen LogP contribution in [0.2, 0.25) is 0 Å². The van der Waals surface area contributed by atoms with Gasteiger partial charge in [0, 0.05) is 12.5 Å². The number of nitrogens with two attached hydrogens (primary N) is 1. The van der Waals surface area contributed by atoms with Gasteiger partial charge in [-0.2, -0.15) is 0 Å². The van der Waals surface area contributed by atoms with Crippen LogP contribution >= 0.6 is 15.9 Å². The van der Waals surface area contributed by atoms with Crippen molar-refractivity contribution in [3.63, 3.8) is 0 Å². The molecule has 0 amide bonds. The van der Waals surface area contributed by atoms with Gasteiger partial charge in [0.2, 0.25) is 0 Å². The molecule has 0 fully saturated rings. The van der Waals surface area contributed by atoms with Crippen molar-refractivity contribution in [2.75, 3.05) is 6.54 Å². The Morgan fingerprint density at radius 3 is 2.47 bits per heavy atom. The van der Waals surface area contributed by atoms with Crippen LogP contribution in [0, 0.1) is 23.5 Å². The summed E-state index contributed by atoms with van der Waals surface area (Å²) in [5.41, 5.74) is 4.96. The molecular formula is C12H14BrF2NO. The highest BCUT2D eigenvalue weighted by Crippen LogP contribution is 2.25. The first-order valence-electron chi connectivity index (χ1n) is 5.27. The molecule has 0 heterocycles. The highest BCUT2D eigenvalue weighted by molar-refractivity contribution is 9.10. The van der Waals surface area contributed by atoms with E-state index in [0.717, 1.165) is 6.07 Å². The molecule has 0 bridgehead atoms. The summed E-state index contributed by atoms with van der Waals surface area (Å²) in [7, 11) is 0. The third-order valence-electron chi connectivity index (χ3n) is 2.69. The molecule has 5 heteroatoms. The van der Waals surface area contributed by atoms with E-state index in [1.165, 1.54) is 6.07 Å². The zero-order chi connectivity index (χ0) is 13.2. The Kier molecular flexibility index (Phi) is 4.77. The summed E-state index contributed by atoms with van der Waals surface area (Å²) < 4.78 is 27.3. The third kappa shape index (κ3) is 2.90. The molecule has 94 valence electrons. The molecule has 1 rings (SSSR count). The summed E-state index contributed by atoms with van der Waals surface area (Å²) in [6, 6.07) is 2.29. The molecule has 0 aromatic heterocycles. The number of hydrogen-bond donors (Lipinski definition) is 1. The molecule has 0 aliphatic rings. The van der Waals surface area contributed by atoms with Crippen molar-refractivity contribution in [3.05, 3.63) is 33.8 Å². The van der Waals surface area contributed by atoms with Gasteiger partial charge in [0.15, 0.2) is 11.6 Å². The third-order valence-corrected chi connectivity index (χ3v) is 3.30. The molecule has 0 saturated carbocycles. The maximum atomic E-state index is 13.7. The van der Waals surface area contributed by atoms with Gasteiger partial charge in [0.1, 0.15) is 5.82 Å². The monoisotopic (exact) mass is 305 g/mol. The molecule has 1 atom stereocenters. The molecule has 0 aliphatic carbocycles. The molecule has 0 radical (unpaired) electrons. The van der Waals surface area contributed by atoms with E-state index in [4.69, 9.17) is 5.73 Å². The van der Waals surface area contributed by atoms with Crippen molar-refractivity contribution in [1.29, 1.82) is 0 Å². The molecule has 17 heavy (non-hydrogen) atoms. The highest BCUT2D eigenvalue weighted by atomic mass is 79.9. The van der Waals surface area contributed by atoms with Gasteiger partial charge < -0.3 is 5.73 Å². The average molecular weight is 306 g/mol. The van der Waals surface area contributed by atoms with Crippen LogP contribution in [0.4, 0.5) is 8.78 Å². The van der Waals surface area contributed by atoms with Crippen LogP contribution in [0.15, 0.2) is 16.6 Å².